The van der Waals surface area contributed by atoms with E-state index in [-0.39, 0.29) is 51.4 Å². The van der Waals surface area contributed by atoms with Crippen molar-refractivity contribution in [3.05, 3.63) is 72.3 Å². The SMILES string of the molecule is F[B-](F)(F)c1ccc2cc(OCc3ccccc3)ccc2c1.[K+]. The first-order valence-electron chi connectivity index (χ1n) is 6.93. The van der Waals surface area contributed by atoms with Crippen molar-refractivity contribution in [3.8, 4) is 5.75 Å². The van der Waals surface area contributed by atoms with Crippen LogP contribution in [0.4, 0.5) is 12.9 Å². The predicted molar refractivity (Wildman–Crippen MR) is 83.4 cm³/mol. The summed E-state index contributed by atoms with van der Waals surface area (Å²) in [5, 5.41) is 1.29. The van der Waals surface area contributed by atoms with Gasteiger partial charge in [-0.15, -0.1) is 5.46 Å². The molecule has 3 aromatic carbocycles. The zero-order valence-electron chi connectivity index (χ0n) is 12.7. The average Bonchev–Trinajstić information content (AvgIpc) is 2.52. The van der Waals surface area contributed by atoms with Gasteiger partial charge in [0.15, 0.2) is 0 Å². The summed E-state index contributed by atoms with van der Waals surface area (Å²) in [6, 6.07) is 18.6. The van der Waals surface area contributed by atoms with Gasteiger partial charge in [-0.3, -0.25) is 0 Å². The summed E-state index contributed by atoms with van der Waals surface area (Å²) >= 11 is 0. The fourth-order valence-electron chi connectivity index (χ4n) is 2.28. The van der Waals surface area contributed by atoms with E-state index >= 15 is 0 Å². The number of fused-ring (bicyclic) bond motifs is 1. The first-order valence-corrected chi connectivity index (χ1v) is 6.93. The molecule has 6 heteroatoms. The van der Waals surface area contributed by atoms with Gasteiger partial charge in [-0.1, -0.05) is 54.6 Å². The number of hydrogen-bond donors (Lipinski definition) is 0. The minimum atomic E-state index is -4.97. The van der Waals surface area contributed by atoms with E-state index in [0.717, 1.165) is 17.0 Å². The summed E-state index contributed by atoms with van der Waals surface area (Å²) in [5.41, 5.74) is 0.461. The summed E-state index contributed by atoms with van der Waals surface area (Å²) in [6.45, 7) is -4.54. The van der Waals surface area contributed by atoms with Crippen LogP contribution in [-0.2, 0) is 6.61 Å². The van der Waals surface area contributed by atoms with Crippen LogP contribution < -0.4 is 61.6 Å². The van der Waals surface area contributed by atoms with E-state index in [1.54, 1.807) is 18.2 Å². The minimum absolute atomic E-state index is 0. The molecule has 0 atom stereocenters. The molecule has 0 heterocycles. The molecule has 0 fully saturated rings. The Hall–Kier alpha value is -0.789. The number of halogens is 3. The maximum Gasteiger partial charge on any atom is 1.00 e. The fourth-order valence-corrected chi connectivity index (χ4v) is 2.28. The van der Waals surface area contributed by atoms with Crippen LogP contribution in [0.2, 0.25) is 0 Å². The summed E-state index contributed by atoms with van der Waals surface area (Å²) in [6.07, 6.45) is 0. The molecule has 3 aromatic rings. The van der Waals surface area contributed by atoms with Gasteiger partial charge in [0, 0.05) is 0 Å². The smallest absolute Gasteiger partial charge is 0.489 e. The molecule has 0 radical (unpaired) electrons. The predicted octanol–water partition coefficient (Wildman–Crippen LogP) is 1.48. The molecule has 0 aliphatic carbocycles. The van der Waals surface area contributed by atoms with Crippen LogP contribution in [0.15, 0.2) is 66.7 Å². The summed E-state index contributed by atoms with van der Waals surface area (Å²) in [7, 11) is 0. The van der Waals surface area contributed by atoms with Gasteiger partial charge in [0.2, 0.25) is 0 Å². The third-order valence-electron chi connectivity index (χ3n) is 3.46. The van der Waals surface area contributed by atoms with Crippen LogP contribution in [0.5, 0.6) is 5.75 Å². The zero-order valence-corrected chi connectivity index (χ0v) is 15.8. The van der Waals surface area contributed by atoms with Gasteiger partial charge in [-0.2, -0.15) is 0 Å². The standard InChI is InChI=1S/C17H13BF3O.K/c19-18(20,21)16-8-6-15-11-17(9-7-14(15)10-16)22-12-13-4-2-1-3-5-13;/h1-11H,12H2;/q-1;+1. The first kappa shape index (κ1) is 18.5. The van der Waals surface area contributed by atoms with Crippen molar-refractivity contribution in [1.82, 2.24) is 0 Å². The van der Waals surface area contributed by atoms with Crippen molar-refractivity contribution in [2.75, 3.05) is 0 Å². The molecule has 0 amide bonds. The monoisotopic (exact) mass is 340 g/mol. The van der Waals surface area contributed by atoms with Crippen molar-refractivity contribution >= 4 is 23.2 Å². The van der Waals surface area contributed by atoms with Gasteiger partial charge in [-0.25, -0.2) is 0 Å². The van der Waals surface area contributed by atoms with Crippen molar-refractivity contribution in [2.24, 2.45) is 0 Å². The van der Waals surface area contributed by atoms with Crippen LogP contribution in [-0.4, -0.2) is 6.98 Å². The second-order valence-corrected chi connectivity index (χ2v) is 5.12. The van der Waals surface area contributed by atoms with E-state index in [4.69, 9.17) is 4.74 Å². The minimum Gasteiger partial charge on any atom is -0.489 e. The normalized spacial score (nSPS) is 11.1. The Bertz CT molecular complexity index is 791. The summed E-state index contributed by atoms with van der Waals surface area (Å²) in [5.74, 6) is 0.640. The van der Waals surface area contributed by atoms with Crippen molar-refractivity contribution in [3.63, 3.8) is 0 Å². The molecule has 0 aliphatic heterocycles. The Kier molecular flexibility index (Phi) is 6.34. The van der Waals surface area contributed by atoms with Crippen LogP contribution in [0.3, 0.4) is 0 Å². The topological polar surface area (TPSA) is 9.23 Å². The van der Waals surface area contributed by atoms with E-state index in [2.05, 4.69) is 0 Å². The summed E-state index contributed by atoms with van der Waals surface area (Å²) in [4.78, 5) is 0. The molecule has 112 valence electrons. The Morgan fingerprint density at radius 2 is 1.43 bits per heavy atom. The van der Waals surface area contributed by atoms with Crippen LogP contribution in [0.25, 0.3) is 10.8 Å². The molecule has 0 unspecified atom stereocenters. The Morgan fingerprint density at radius 3 is 2.13 bits per heavy atom. The molecule has 3 rings (SSSR count). The number of rotatable bonds is 4. The van der Waals surface area contributed by atoms with E-state index in [0.29, 0.717) is 17.7 Å². The molecule has 0 spiro atoms. The Labute approximate surface area is 175 Å². The molecule has 0 saturated heterocycles. The van der Waals surface area contributed by atoms with Gasteiger partial charge in [0.1, 0.15) is 12.4 Å². The average molecular weight is 340 g/mol. The van der Waals surface area contributed by atoms with Gasteiger partial charge < -0.3 is 17.7 Å². The van der Waals surface area contributed by atoms with Crippen molar-refractivity contribution in [1.29, 1.82) is 0 Å². The molecule has 0 aliphatic rings. The van der Waals surface area contributed by atoms with Crippen LogP contribution >= 0.6 is 0 Å². The zero-order chi connectivity index (χ0) is 15.6. The number of ether oxygens (including phenoxy) is 1. The second-order valence-electron chi connectivity index (χ2n) is 5.12. The molecule has 0 N–H and O–H groups in total. The van der Waals surface area contributed by atoms with E-state index in [1.165, 1.54) is 12.1 Å². The van der Waals surface area contributed by atoms with Gasteiger partial charge in [-0.05, 0) is 28.5 Å². The van der Waals surface area contributed by atoms with Crippen molar-refractivity contribution < 1.29 is 69.1 Å². The number of benzene rings is 3. The maximum atomic E-state index is 12.7. The van der Waals surface area contributed by atoms with Crippen LogP contribution in [0.1, 0.15) is 5.56 Å². The Balaban J connectivity index is 0.00000192. The van der Waals surface area contributed by atoms with Crippen LogP contribution in [0, 0.1) is 0 Å². The third-order valence-corrected chi connectivity index (χ3v) is 3.46. The molecule has 0 bridgehead atoms. The summed E-state index contributed by atoms with van der Waals surface area (Å²) < 4.78 is 43.9. The Morgan fingerprint density at radius 1 is 0.783 bits per heavy atom. The molecule has 23 heavy (non-hydrogen) atoms. The van der Waals surface area contributed by atoms with Gasteiger partial charge in [0.05, 0.1) is 0 Å². The fraction of sp³-hybridized carbons (Fsp3) is 0.0588. The van der Waals surface area contributed by atoms with Gasteiger partial charge in [0.25, 0.3) is 0 Å². The molecular formula is C17H13BF3KO. The van der Waals surface area contributed by atoms with Gasteiger partial charge >= 0.3 is 58.4 Å². The quantitative estimate of drug-likeness (QED) is 0.654. The van der Waals surface area contributed by atoms with E-state index in [9.17, 15) is 12.9 Å². The maximum absolute atomic E-state index is 12.7. The van der Waals surface area contributed by atoms with E-state index < -0.39 is 12.4 Å². The first-order chi connectivity index (χ1) is 10.5. The third kappa shape index (κ3) is 4.84. The molecule has 1 nitrogen and oxygen atoms in total. The largest absolute Gasteiger partial charge is 1.00 e. The van der Waals surface area contributed by atoms with Crippen molar-refractivity contribution in [2.45, 2.75) is 6.61 Å². The second kappa shape index (κ2) is 7.86. The van der Waals surface area contributed by atoms with E-state index in [1.807, 2.05) is 30.3 Å². The molecular weight excluding hydrogens is 327 g/mol. The number of hydrogen-bond acceptors (Lipinski definition) is 1. The molecule has 0 saturated carbocycles. The molecule has 0 aromatic heterocycles.